The third kappa shape index (κ3) is 2.86. The van der Waals surface area contributed by atoms with E-state index in [9.17, 15) is 8.78 Å². The SMILES string of the molecule is Cc1cncc(N2CCC3=C(N=IN3)[C@@H]2c2cc3c(C(F)F)cccn3n2)n1. The average molecular weight is 495 g/mol. The van der Waals surface area contributed by atoms with Gasteiger partial charge < -0.3 is 8.43 Å². The van der Waals surface area contributed by atoms with Gasteiger partial charge in [0.1, 0.15) is 33.2 Å². The van der Waals surface area contributed by atoms with Crippen LogP contribution in [-0.2, 0) is 0 Å². The fourth-order valence-corrected chi connectivity index (χ4v) is 5.39. The van der Waals surface area contributed by atoms with Crippen LogP contribution in [0.2, 0.25) is 0 Å². The zero-order chi connectivity index (χ0) is 19.3. The predicted molar refractivity (Wildman–Crippen MR) is 108 cm³/mol. The Kier molecular flexibility index (Phi) is 4.29. The number of halogens is 3. The predicted octanol–water partition coefficient (Wildman–Crippen LogP) is 4.21. The Balaban J connectivity index is 1.67. The molecule has 28 heavy (non-hydrogen) atoms. The van der Waals surface area contributed by atoms with E-state index in [2.05, 4.69) is 23.5 Å². The summed E-state index contributed by atoms with van der Waals surface area (Å²) in [6.07, 6.45) is 3.40. The van der Waals surface area contributed by atoms with Crippen molar-refractivity contribution < 1.29 is 8.78 Å². The van der Waals surface area contributed by atoms with Crippen LogP contribution in [0.1, 0.15) is 35.8 Å². The normalized spacial score (nSPS) is 19.1. The van der Waals surface area contributed by atoms with Gasteiger partial charge in [0.15, 0.2) is 0 Å². The van der Waals surface area contributed by atoms with Gasteiger partial charge in [-0.2, -0.15) is 5.10 Å². The fraction of sp³-hybridized carbons (Fsp3) is 0.278. The Hall–Kier alpha value is -2.50. The molecule has 0 fully saturated rings. The molecule has 0 bridgehead atoms. The first-order valence-electron chi connectivity index (χ1n) is 8.76. The number of nitrogens with zero attached hydrogens (tertiary/aromatic N) is 6. The van der Waals surface area contributed by atoms with Crippen LogP contribution in [0, 0.1) is 6.92 Å². The van der Waals surface area contributed by atoms with Crippen LogP contribution in [0.3, 0.4) is 0 Å². The molecule has 1 atom stereocenters. The molecule has 0 radical (unpaired) electrons. The van der Waals surface area contributed by atoms with Crippen molar-refractivity contribution in [1.29, 1.82) is 0 Å². The standard InChI is InChI=1S/C18H16F2IN7/c1-10-8-22-9-15(23-10)27-6-4-12-16(25-21-24-12)17(27)13-7-14-11(18(19)20)3-2-5-28(14)26-13/h2-3,5,7-9,17-18H,4,6H2,1H3,(H,24,25)/t17-/m0/s1. The molecule has 0 aromatic carbocycles. The molecule has 3 aromatic heterocycles. The zero-order valence-corrected chi connectivity index (χ0v) is 17.0. The first kappa shape index (κ1) is 17.6. The molecular formula is C18H16F2IN7. The Labute approximate surface area is 170 Å². The molecule has 2 aliphatic rings. The summed E-state index contributed by atoms with van der Waals surface area (Å²) >= 11 is -0.484. The molecule has 5 rings (SSSR count). The Morgan fingerprint density at radius 1 is 1.32 bits per heavy atom. The molecule has 0 saturated heterocycles. The molecule has 144 valence electrons. The van der Waals surface area contributed by atoms with Gasteiger partial charge in [0.2, 0.25) is 0 Å². The first-order valence-corrected chi connectivity index (χ1v) is 10.8. The molecule has 3 aromatic rings. The Morgan fingerprint density at radius 2 is 2.21 bits per heavy atom. The van der Waals surface area contributed by atoms with E-state index in [1.54, 1.807) is 30.7 Å². The van der Waals surface area contributed by atoms with Gasteiger partial charge in [0, 0.05) is 36.6 Å². The molecule has 2 aliphatic heterocycles. The highest BCUT2D eigenvalue weighted by molar-refractivity contribution is 14.1. The van der Waals surface area contributed by atoms with Gasteiger partial charge in [-0.1, -0.05) is 0 Å². The Morgan fingerprint density at radius 3 is 3.04 bits per heavy atom. The molecule has 0 amide bonds. The topological polar surface area (TPSA) is 70.7 Å². The van der Waals surface area contributed by atoms with Gasteiger partial charge in [-0.3, -0.25) is 4.98 Å². The van der Waals surface area contributed by atoms with Crippen LogP contribution in [0.5, 0.6) is 0 Å². The van der Waals surface area contributed by atoms with Gasteiger partial charge in [0.05, 0.1) is 28.8 Å². The van der Waals surface area contributed by atoms with E-state index in [0.29, 0.717) is 11.2 Å². The van der Waals surface area contributed by atoms with Gasteiger partial charge in [-0.25, -0.2) is 21.4 Å². The lowest BCUT2D eigenvalue weighted by atomic mass is 10.0. The summed E-state index contributed by atoms with van der Waals surface area (Å²) in [7, 11) is 0. The third-order valence-electron chi connectivity index (χ3n) is 4.88. The van der Waals surface area contributed by atoms with Crippen molar-refractivity contribution in [3.05, 3.63) is 65.1 Å². The van der Waals surface area contributed by atoms with Gasteiger partial charge in [-0.05, 0) is 25.1 Å². The van der Waals surface area contributed by atoms with Gasteiger partial charge >= 0.3 is 0 Å². The number of pyridine rings is 1. The summed E-state index contributed by atoms with van der Waals surface area (Å²) in [5.74, 6) is 0.739. The molecule has 0 saturated carbocycles. The lowest BCUT2D eigenvalue weighted by Gasteiger charge is -2.35. The first-order chi connectivity index (χ1) is 13.6. The molecule has 1 N–H and O–H groups in total. The second kappa shape index (κ2) is 6.83. The fourth-order valence-electron chi connectivity index (χ4n) is 3.62. The van der Waals surface area contributed by atoms with Crippen molar-refractivity contribution in [1.82, 2.24) is 23.1 Å². The number of aryl methyl sites for hydroxylation is 1. The number of nitrogens with one attached hydrogen (secondary N) is 1. The maximum absolute atomic E-state index is 13.4. The van der Waals surface area contributed by atoms with Crippen LogP contribution in [-0.4, -0.2) is 26.1 Å². The largest absolute Gasteiger partial charge is 0.340 e. The molecule has 7 nitrogen and oxygen atoms in total. The van der Waals surface area contributed by atoms with E-state index >= 15 is 0 Å². The summed E-state index contributed by atoms with van der Waals surface area (Å²) in [5.41, 5.74) is 3.95. The minimum Gasteiger partial charge on any atom is -0.340 e. The molecule has 0 unspecified atom stereocenters. The highest BCUT2D eigenvalue weighted by Gasteiger charge is 2.36. The minimum atomic E-state index is -2.56. The van der Waals surface area contributed by atoms with E-state index in [1.807, 2.05) is 6.92 Å². The average Bonchev–Trinajstić information content (AvgIpc) is 3.33. The molecule has 0 spiro atoms. The van der Waals surface area contributed by atoms with Crippen molar-refractivity contribution in [2.75, 3.05) is 11.4 Å². The summed E-state index contributed by atoms with van der Waals surface area (Å²) in [5, 5.41) is 4.62. The number of hydrogen-bond donors (Lipinski definition) is 1. The Bertz CT molecular complexity index is 1120. The van der Waals surface area contributed by atoms with E-state index in [4.69, 9.17) is 3.15 Å². The highest BCUT2D eigenvalue weighted by atomic mass is 127. The molecule has 0 aliphatic carbocycles. The van der Waals surface area contributed by atoms with Gasteiger partial charge in [-0.15, -0.1) is 0 Å². The zero-order valence-electron chi connectivity index (χ0n) is 14.9. The molecule has 10 heteroatoms. The number of hydrogen-bond acceptors (Lipinski definition) is 6. The highest BCUT2D eigenvalue weighted by Crippen LogP contribution is 2.42. The lowest BCUT2D eigenvalue weighted by molar-refractivity contribution is 0.152. The van der Waals surface area contributed by atoms with E-state index in [-0.39, 0.29) is 11.6 Å². The van der Waals surface area contributed by atoms with Crippen LogP contribution in [0.25, 0.3) is 5.52 Å². The number of anilines is 1. The summed E-state index contributed by atoms with van der Waals surface area (Å²) in [6, 6.07) is 4.49. The van der Waals surface area contributed by atoms with Crippen LogP contribution in [0.15, 0.2) is 51.3 Å². The second-order valence-electron chi connectivity index (χ2n) is 6.66. The molecular weight excluding hydrogens is 479 g/mol. The van der Waals surface area contributed by atoms with Crippen molar-refractivity contribution in [2.45, 2.75) is 25.8 Å². The van der Waals surface area contributed by atoms with Crippen molar-refractivity contribution in [2.24, 2.45) is 3.15 Å². The monoisotopic (exact) mass is 495 g/mol. The number of rotatable bonds is 3. The smallest absolute Gasteiger partial charge is 0.265 e. The summed E-state index contributed by atoms with van der Waals surface area (Å²) < 4.78 is 36.6. The second-order valence-corrected chi connectivity index (χ2v) is 8.16. The lowest BCUT2D eigenvalue weighted by Crippen LogP contribution is -2.36. The number of alkyl halides is 2. The third-order valence-corrected chi connectivity index (χ3v) is 6.53. The maximum Gasteiger partial charge on any atom is 0.265 e. The van der Waals surface area contributed by atoms with Crippen molar-refractivity contribution >= 4 is 32.6 Å². The van der Waals surface area contributed by atoms with E-state index < -0.39 is 27.7 Å². The quantitative estimate of drug-likeness (QED) is 0.436. The van der Waals surface area contributed by atoms with E-state index in [1.165, 1.54) is 10.6 Å². The number of aromatic nitrogens is 4. The maximum atomic E-state index is 13.4. The van der Waals surface area contributed by atoms with Crippen LogP contribution in [0.4, 0.5) is 14.6 Å². The molecule has 5 heterocycles. The minimum absolute atomic E-state index is 0.0259. The number of fused-ring (bicyclic) bond motifs is 1. The van der Waals surface area contributed by atoms with Crippen molar-refractivity contribution in [3.8, 4) is 0 Å². The van der Waals surface area contributed by atoms with Gasteiger partial charge in [0.25, 0.3) is 6.43 Å². The summed E-state index contributed by atoms with van der Waals surface area (Å²) in [6.45, 7) is 2.62. The van der Waals surface area contributed by atoms with E-state index in [0.717, 1.165) is 35.9 Å². The van der Waals surface area contributed by atoms with Crippen molar-refractivity contribution in [3.63, 3.8) is 0 Å². The van der Waals surface area contributed by atoms with Crippen LogP contribution >= 0.6 is 21.3 Å². The van der Waals surface area contributed by atoms with Crippen LogP contribution < -0.4 is 8.43 Å². The summed E-state index contributed by atoms with van der Waals surface area (Å²) in [4.78, 5) is 11.0.